The van der Waals surface area contributed by atoms with Crippen molar-refractivity contribution in [2.24, 2.45) is 0 Å². The fourth-order valence-corrected chi connectivity index (χ4v) is 1.56. The molecule has 1 aliphatic rings. The second-order valence-electron chi connectivity index (χ2n) is 3.76. The highest BCUT2D eigenvalue weighted by Gasteiger charge is 2.36. The molecule has 0 radical (unpaired) electrons. The molecule has 15 heavy (non-hydrogen) atoms. The first-order valence-electron chi connectivity index (χ1n) is 5.26. The number of epoxide rings is 1. The summed E-state index contributed by atoms with van der Waals surface area (Å²) < 4.78 is 11.0. The number of rotatable bonds is 5. The van der Waals surface area contributed by atoms with Crippen molar-refractivity contribution < 1.29 is 9.47 Å². The van der Waals surface area contributed by atoms with Gasteiger partial charge in [0, 0.05) is 0 Å². The van der Waals surface area contributed by atoms with Crippen LogP contribution in [0.3, 0.4) is 0 Å². The maximum atomic E-state index is 5.71. The Balaban J connectivity index is 1.78. The second kappa shape index (κ2) is 4.60. The first-order chi connectivity index (χ1) is 7.31. The Morgan fingerprint density at radius 1 is 1.47 bits per heavy atom. The van der Waals surface area contributed by atoms with Crippen molar-refractivity contribution >= 4 is 0 Å². The van der Waals surface area contributed by atoms with Crippen LogP contribution < -0.4 is 0 Å². The SMILES string of the molecule is C=CC1OC1COC(C)c1ccccc1. The molecule has 1 aromatic rings. The Morgan fingerprint density at radius 3 is 2.80 bits per heavy atom. The molecule has 0 aromatic heterocycles. The molecule has 0 bridgehead atoms. The fourth-order valence-electron chi connectivity index (χ4n) is 1.56. The molecule has 1 aromatic carbocycles. The van der Waals surface area contributed by atoms with Crippen LogP contribution in [-0.4, -0.2) is 18.8 Å². The van der Waals surface area contributed by atoms with Crippen LogP contribution in [0, 0.1) is 0 Å². The summed E-state index contributed by atoms with van der Waals surface area (Å²) in [6.45, 7) is 6.38. The Kier molecular flexibility index (Phi) is 3.19. The van der Waals surface area contributed by atoms with E-state index < -0.39 is 0 Å². The minimum atomic E-state index is 0.126. The lowest BCUT2D eigenvalue weighted by molar-refractivity contribution is 0.0540. The van der Waals surface area contributed by atoms with Gasteiger partial charge in [0.05, 0.1) is 12.7 Å². The van der Waals surface area contributed by atoms with E-state index in [1.54, 1.807) is 0 Å². The van der Waals surface area contributed by atoms with Gasteiger partial charge in [0.1, 0.15) is 12.2 Å². The van der Waals surface area contributed by atoms with E-state index in [1.807, 2.05) is 24.3 Å². The van der Waals surface area contributed by atoms with E-state index in [9.17, 15) is 0 Å². The van der Waals surface area contributed by atoms with Gasteiger partial charge in [-0.2, -0.15) is 0 Å². The van der Waals surface area contributed by atoms with E-state index >= 15 is 0 Å². The van der Waals surface area contributed by atoms with Crippen LogP contribution in [0.15, 0.2) is 43.0 Å². The third kappa shape index (κ3) is 2.67. The maximum absolute atomic E-state index is 5.71. The molecular formula is C13H16O2. The zero-order valence-corrected chi connectivity index (χ0v) is 8.93. The Hall–Kier alpha value is -1.12. The van der Waals surface area contributed by atoms with Gasteiger partial charge in [-0.25, -0.2) is 0 Å². The van der Waals surface area contributed by atoms with E-state index in [-0.39, 0.29) is 18.3 Å². The van der Waals surface area contributed by atoms with Gasteiger partial charge in [0.25, 0.3) is 0 Å². The predicted octanol–water partition coefficient (Wildman–Crippen LogP) is 2.72. The smallest absolute Gasteiger partial charge is 0.111 e. The van der Waals surface area contributed by atoms with Crippen molar-refractivity contribution in [1.29, 1.82) is 0 Å². The minimum Gasteiger partial charge on any atom is -0.371 e. The molecule has 2 nitrogen and oxygen atoms in total. The number of benzene rings is 1. The van der Waals surface area contributed by atoms with Gasteiger partial charge < -0.3 is 9.47 Å². The third-order valence-corrected chi connectivity index (χ3v) is 2.63. The van der Waals surface area contributed by atoms with Crippen molar-refractivity contribution in [3.8, 4) is 0 Å². The number of hydrogen-bond donors (Lipinski definition) is 0. The summed E-state index contributed by atoms with van der Waals surface area (Å²) in [5, 5.41) is 0. The standard InChI is InChI=1S/C13H16O2/c1-3-12-13(15-12)9-14-10(2)11-7-5-4-6-8-11/h3-8,10,12-13H,1,9H2,2H3. The summed E-state index contributed by atoms with van der Waals surface area (Å²) in [7, 11) is 0. The van der Waals surface area contributed by atoms with E-state index in [1.165, 1.54) is 5.56 Å². The lowest BCUT2D eigenvalue weighted by Gasteiger charge is -2.12. The zero-order chi connectivity index (χ0) is 10.7. The molecule has 2 rings (SSSR count). The summed E-state index contributed by atoms with van der Waals surface area (Å²) in [5.41, 5.74) is 1.20. The highest BCUT2D eigenvalue weighted by atomic mass is 16.6. The molecule has 0 amide bonds. The lowest BCUT2D eigenvalue weighted by Crippen LogP contribution is -2.07. The molecule has 3 unspecified atom stereocenters. The first-order valence-corrected chi connectivity index (χ1v) is 5.26. The van der Waals surface area contributed by atoms with Crippen LogP contribution in [0.1, 0.15) is 18.6 Å². The van der Waals surface area contributed by atoms with Crippen LogP contribution in [-0.2, 0) is 9.47 Å². The lowest BCUT2D eigenvalue weighted by atomic mass is 10.1. The normalized spacial score (nSPS) is 25.9. The van der Waals surface area contributed by atoms with E-state index in [0.29, 0.717) is 6.61 Å². The largest absolute Gasteiger partial charge is 0.371 e. The topological polar surface area (TPSA) is 21.8 Å². The van der Waals surface area contributed by atoms with Gasteiger partial charge in [-0.15, -0.1) is 6.58 Å². The molecule has 1 heterocycles. The summed E-state index contributed by atoms with van der Waals surface area (Å²) in [4.78, 5) is 0. The fraction of sp³-hybridized carbons (Fsp3) is 0.385. The quantitative estimate of drug-likeness (QED) is 0.543. The van der Waals surface area contributed by atoms with Crippen LogP contribution in [0.2, 0.25) is 0 Å². The molecule has 3 atom stereocenters. The Labute approximate surface area is 90.5 Å². The summed E-state index contributed by atoms with van der Waals surface area (Å²) >= 11 is 0. The number of ether oxygens (including phenoxy) is 2. The van der Waals surface area contributed by atoms with Crippen molar-refractivity contribution in [2.45, 2.75) is 25.2 Å². The van der Waals surface area contributed by atoms with E-state index in [2.05, 4.69) is 25.6 Å². The minimum absolute atomic E-state index is 0.126. The Bertz CT molecular complexity index is 321. The molecule has 0 saturated carbocycles. The van der Waals surface area contributed by atoms with E-state index in [0.717, 1.165) is 0 Å². The average Bonchev–Trinajstić information content (AvgIpc) is 3.06. The van der Waals surface area contributed by atoms with Gasteiger partial charge >= 0.3 is 0 Å². The van der Waals surface area contributed by atoms with Crippen LogP contribution in [0.5, 0.6) is 0 Å². The molecule has 1 fully saturated rings. The summed E-state index contributed by atoms with van der Waals surface area (Å²) in [6, 6.07) is 10.2. The Morgan fingerprint density at radius 2 is 2.20 bits per heavy atom. The molecule has 0 N–H and O–H groups in total. The molecule has 1 saturated heterocycles. The monoisotopic (exact) mass is 204 g/mol. The zero-order valence-electron chi connectivity index (χ0n) is 8.93. The van der Waals surface area contributed by atoms with Gasteiger partial charge in [0.2, 0.25) is 0 Å². The first kappa shape index (κ1) is 10.4. The maximum Gasteiger partial charge on any atom is 0.111 e. The summed E-state index contributed by atoms with van der Waals surface area (Å²) in [6.07, 6.45) is 2.36. The third-order valence-electron chi connectivity index (χ3n) is 2.63. The van der Waals surface area contributed by atoms with Crippen molar-refractivity contribution in [3.05, 3.63) is 48.6 Å². The van der Waals surface area contributed by atoms with Gasteiger partial charge in [-0.1, -0.05) is 36.4 Å². The molecular weight excluding hydrogens is 188 g/mol. The van der Waals surface area contributed by atoms with Crippen LogP contribution >= 0.6 is 0 Å². The van der Waals surface area contributed by atoms with Gasteiger partial charge in [-0.3, -0.25) is 0 Å². The molecule has 0 aliphatic carbocycles. The van der Waals surface area contributed by atoms with Crippen LogP contribution in [0.4, 0.5) is 0 Å². The van der Waals surface area contributed by atoms with Crippen molar-refractivity contribution in [1.82, 2.24) is 0 Å². The van der Waals surface area contributed by atoms with E-state index in [4.69, 9.17) is 9.47 Å². The highest BCUT2D eigenvalue weighted by Crippen LogP contribution is 2.25. The van der Waals surface area contributed by atoms with Crippen molar-refractivity contribution in [2.75, 3.05) is 6.61 Å². The van der Waals surface area contributed by atoms with Gasteiger partial charge in [-0.05, 0) is 12.5 Å². The highest BCUT2D eigenvalue weighted by molar-refractivity contribution is 5.16. The number of hydrogen-bond acceptors (Lipinski definition) is 2. The molecule has 2 heteroatoms. The van der Waals surface area contributed by atoms with Crippen LogP contribution in [0.25, 0.3) is 0 Å². The van der Waals surface area contributed by atoms with Gasteiger partial charge in [0.15, 0.2) is 0 Å². The molecule has 80 valence electrons. The molecule has 0 spiro atoms. The average molecular weight is 204 g/mol. The van der Waals surface area contributed by atoms with Crippen molar-refractivity contribution in [3.63, 3.8) is 0 Å². The summed E-state index contributed by atoms with van der Waals surface area (Å²) in [5.74, 6) is 0. The molecule has 1 aliphatic heterocycles. The predicted molar refractivity (Wildman–Crippen MR) is 59.7 cm³/mol. The second-order valence-corrected chi connectivity index (χ2v) is 3.76.